The Hall–Kier alpha value is -1.94. The topological polar surface area (TPSA) is 85.2 Å². The molecule has 4 rings (SSSR count). The number of nitrogens with zero attached hydrogens (tertiary/aromatic N) is 4. The van der Waals surface area contributed by atoms with Gasteiger partial charge in [0.2, 0.25) is 0 Å². The van der Waals surface area contributed by atoms with E-state index in [4.69, 9.17) is 9.72 Å². The summed E-state index contributed by atoms with van der Waals surface area (Å²) in [6.07, 6.45) is 0.788. The second-order valence-corrected chi connectivity index (χ2v) is 7.55. The highest BCUT2D eigenvalue weighted by Gasteiger charge is 2.21. The van der Waals surface area contributed by atoms with Gasteiger partial charge in [0, 0.05) is 32.7 Å². The van der Waals surface area contributed by atoms with E-state index >= 15 is 0 Å². The van der Waals surface area contributed by atoms with E-state index in [0.29, 0.717) is 24.3 Å². The molecule has 0 atom stereocenters. The van der Waals surface area contributed by atoms with Crippen molar-refractivity contribution in [3.05, 3.63) is 38.4 Å². The molecule has 3 aromatic heterocycles. The average Bonchev–Trinajstić information content (AvgIpc) is 3.32. The van der Waals surface area contributed by atoms with Crippen LogP contribution in [0.2, 0.25) is 0 Å². The summed E-state index contributed by atoms with van der Waals surface area (Å²) in [6.45, 7) is 7.21. The minimum Gasteiger partial charge on any atom is -0.379 e. The quantitative estimate of drug-likeness (QED) is 0.650. The Labute approximate surface area is 172 Å². The van der Waals surface area contributed by atoms with Gasteiger partial charge in [0.25, 0.3) is 5.56 Å². The fourth-order valence-corrected chi connectivity index (χ4v) is 4.20. The van der Waals surface area contributed by atoms with Crippen LogP contribution >= 0.6 is 23.7 Å². The zero-order chi connectivity index (χ0) is 18.8. The van der Waals surface area contributed by atoms with Crippen LogP contribution in [0.1, 0.15) is 13.3 Å². The van der Waals surface area contributed by atoms with E-state index in [9.17, 15) is 9.59 Å². The van der Waals surface area contributed by atoms with Crippen molar-refractivity contribution < 1.29 is 4.74 Å². The standard InChI is InChI=1S/C18H23N5O3S.ClH/c1-2-5-23-16-14(17(24)20-18(23)25)22(7-6-21-8-10-26-11-9-21)15(19-16)13-4-3-12-27-13;/h3-4,12H,2,5-11H2,1H3,(H,20,24,25);1H. The Morgan fingerprint density at radius 2 is 1.96 bits per heavy atom. The number of rotatable bonds is 6. The molecule has 0 saturated carbocycles. The summed E-state index contributed by atoms with van der Waals surface area (Å²) in [7, 11) is 0. The maximum absolute atomic E-state index is 12.7. The highest BCUT2D eigenvalue weighted by Crippen LogP contribution is 2.26. The molecule has 1 fully saturated rings. The molecule has 0 bridgehead atoms. The van der Waals surface area contributed by atoms with Crippen LogP contribution in [0.4, 0.5) is 0 Å². The molecule has 3 aromatic rings. The van der Waals surface area contributed by atoms with Gasteiger partial charge in [0.15, 0.2) is 17.0 Å². The summed E-state index contributed by atoms with van der Waals surface area (Å²) in [4.78, 5) is 35.5. The Bertz CT molecular complexity index is 1030. The number of hydrogen-bond acceptors (Lipinski definition) is 6. The number of hydrogen-bond donors (Lipinski definition) is 1. The summed E-state index contributed by atoms with van der Waals surface area (Å²) in [5.41, 5.74) is 0.167. The summed E-state index contributed by atoms with van der Waals surface area (Å²) >= 11 is 1.58. The van der Waals surface area contributed by atoms with Crippen molar-refractivity contribution in [1.29, 1.82) is 0 Å². The van der Waals surface area contributed by atoms with Crippen molar-refractivity contribution in [3.63, 3.8) is 0 Å². The maximum Gasteiger partial charge on any atom is 0.330 e. The van der Waals surface area contributed by atoms with Crippen molar-refractivity contribution in [1.82, 2.24) is 24.0 Å². The fraction of sp³-hybridized carbons (Fsp3) is 0.500. The van der Waals surface area contributed by atoms with Crippen LogP contribution in [0.15, 0.2) is 27.1 Å². The van der Waals surface area contributed by atoms with Gasteiger partial charge in [-0.3, -0.25) is 19.2 Å². The first-order chi connectivity index (χ1) is 13.2. The van der Waals surface area contributed by atoms with Gasteiger partial charge in [-0.1, -0.05) is 13.0 Å². The van der Waals surface area contributed by atoms with Gasteiger partial charge in [-0.25, -0.2) is 9.78 Å². The molecular formula is C18H24ClN5O3S. The predicted molar refractivity (Wildman–Crippen MR) is 113 cm³/mol. The fourth-order valence-electron chi connectivity index (χ4n) is 3.48. The summed E-state index contributed by atoms with van der Waals surface area (Å²) < 4.78 is 8.94. The molecule has 0 aliphatic carbocycles. The molecule has 1 saturated heterocycles. The number of aryl methyl sites for hydroxylation is 1. The van der Waals surface area contributed by atoms with Crippen molar-refractivity contribution in [2.75, 3.05) is 32.8 Å². The van der Waals surface area contributed by atoms with E-state index in [-0.39, 0.29) is 18.0 Å². The number of aromatic nitrogens is 4. The van der Waals surface area contributed by atoms with Crippen LogP contribution in [-0.4, -0.2) is 56.9 Å². The van der Waals surface area contributed by atoms with Gasteiger partial charge in [-0.15, -0.1) is 23.7 Å². The monoisotopic (exact) mass is 425 g/mol. The lowest BCUT2D eigenvalue weighted by molar-refractivity contribution is 0.0366. The van der Waals surface area contributed by atoms with Gasteiger partial charge >= 0.3 is 5.69 Å². The molecule has 0 amide bonds. The number of halogens is 1. The number of ether oxygens (including phenoxy) is 1. The smallest absolute Gasteiger partial charge is 0.330 e. The van der Waals surface area contributed by atoms with E-state index in [2.05, 4.69) is 9.88 Å². The first kappa shape index (κ1) is 20.8. The van der Waals surface area contributed by atoms with E-state index < -0.39 is 5.69 Å². The van der Waals surface area contributed by atoms with Crippen molar-refractivity contribution in [2.45, 2.75) is 26.4 Å². The molecule has 8 nitrogen and oxygen atoms in total. The summed E-state index contributed by atoms with van der Waals surface area (Å²) in [6, 6.07) is 3.96. The molecule has 4 heterocycles. The Kier molecular flexibility index (Phi) is 6.71. The van der Waals surface area contributed by atoms with Crippen molar-refractivity contribution in [2.24, 2.45) is 0 Å². The zero-order valence-electron chi connectivity index (χ0n) is 15.7. The van der Waals surface area contributed by atoms with Gasteiger partial charge in [-0.2, -0.15) is 0 Å². The van der Waals surface area contributed by atoms with Crippen LogP contribution < -0.4 is 11.2 Å². The number of thiophene rings is 1. The number of imidazole rings is 1. The number of fused-ring (bicyclic) bond motifs is 1. The van der Waals surface area contributed by atoms with Gasteiger partial charge < -0.3 is 9.30 Å². The Morgan fingerprint density at radius 1 is 1.18 bits per heavy atom. The first-order valence-corrected chi connectivity index (χ1v) is 10.1. The van der Waals surface area contributed by atoms with Crippen LogP contribution in [0, 0.1) is 0 Å². The Morgan fingerprint density at radius 3 is 2.64 bits per heavy atom. The first-order valence-electron chi connectivity index (χ1n) is 9.26. The molecule has 10 heteroatoms. The molecule has 1 aliphatic rings. The minimum absolute atomic E-state index is 0. The largest absolute Gasteiger partial charge is 0.379 e. The van der Waals surface area contributed by atoms with E-state index in [1.165, 1.54) is 0 Å². The van der Waals surface area contributed by atoms with Gasteiger partial charge in [0.1, 0.15) is 0 Å². The Balaban J connectivity index is 0.00000225. The molecule has 28 heavy (non-hydrogen) atoms. The highest BCUT2D eigenvalue weighted by molar-refractivity contribution is 7.13. The predicted octanol–water partition coefficient (Wildman–Crippen LogP) is 1.78. The molecule has 152 valence electrons. The number of nitrogens with one attached hydrogen (secondary N) is 1. The van der Waals surface area contributed by atoms with Crippen molar-refractivity contribution >= 4 is 34.9 Å². The molecule has 1 N–H and O–H groups in total. The highest BCUT2D eigenvalue weighted by atomic mass is 35.5. The number of aromatic amines is 1. The minimum atomic E-state index is -0.398. The van der Waals surface area contributed by atoms with E-state index in [1.807, 2.05) is 29.0 Å². The molecule has 0 spiro atoms. The molecule has 0 radical (unpaired) electrons. The third-order valence-corrected chi connectivity index (χ3v) is 5.68. The second kappa shape index (κ2) is 9.04. The zero-order valence-corrected chi connectivity index (χ0v) is 17.4. The maximum atomic E-state index is 12.7. The van der Waals surface area contributed by atoms with Crippen LogP contribution in [-0.2, 0) is 17.8 Å². The summed E-state index contributed by atoms with van der Waals surface area (Å²) in [5.74, 6) is 0.745. The second-order valence-electron chi connectivity index (χ2n) is 6.60. The molecule has 1 aliphatic heterocycles. The molecule has 0 aromatic carbocycles. The lowest BCUT2D eigenvalue weighted by Gasteiger charge is -2.26. The van der Waals surface area contributed by atoms with E-state index in [1.54, 1.807) is 15.9 Å². The third kappa shape index (κ3) is 3.93. The summed E-state index contributed by atoms with van der Waals surface area (Å²) in [5, 5.41) is 1.99. The van der Waals surface area contributed by atoms with Crippen LogP contribution in [0.3, 0.4) is 0 Å². The van der Waals surface area contributed by atoms with Crippen LogP contribution in [0.25, 0.3) is 21.9 Å². The SMILES string of the molecule is CCCn1c(=O)[nH]c(=O)c2c1nc(-c1cccs1)n2CCN1CCOCC1.Cl. The van der Waals surface area contributed by atoms with E-state index in [0.717, 1.165) is 50.0 Å². The van der Waals surface area contributed by atoms with Crippen molar-refractivity contribution in [3.8, 4) is 10.7 Å². The van der Waals surface area contributed by atoms with Gasteiger partial charge in [0.05, 0.1) is 18.1 Å². The molecular weight excluding hydrogens is 402 g/mol. The third-order valence-electron chi connectivity index (χ3n) is 4.82. The normalized spacial score (nSPS) is 15.0. The lowest BCUT2D eigenvalue weighted by atomic mass is 10.4. The number of morpholine rings is 1. The van der Waals surface area contributed by atoms with Crippen LogP contribution in [0.5, 0.6) is 0 Å². The lowest BCUT2D eigenvalue weighted by Crippen LogP contribution is -2.38. The number of H-pyrrole nitrogens is 1. The average molecular weight is 426 g/mol. The van der Waals surface area contributed by atoms with Gasteiger partial charge in [-0.05, 0) is 17.9 Å². The molecule has 0 unspecified atom stereocenters.